The zero-order valence-electron chi connectivity index (χ0n) is 25.4. The van der Waals surface area contributed by atoms with E-state index in [1.807, 2.05) is 6.07 Å². The first-order valence-corrected chi connectivity index (χ1v) is 16.3. The lowest BCUT2D eigenvalue weighted by molar-refractivity contribution is -0.256. The van der Waals surface area contributed by atoms with E-state index in [2.05, 4.69) is 23.6 Å². The third kappa shape index (κ3) is 6.52. The molecule has 0 amide bonds. The van der Waals surface area contributed by atoms with Crippen molar-refractivity contribution in [1.82, 2.24) is 9.80 Å². The lowest BCUT2D eigenvalue weighted by atomic mass is 9.79. The zero-order valence-corrected chi connectivity index (χ0v) is 25.4. The number of ether oxygens (including phenoxy) is 1. The van der Waals surface area contributed by atoms with E-state index < -0.39 is 11.9 Å². The van der Waals surface area contributed by atoms with Gasteiger partial charge in [0.05, 0.1) is 11.9 Å². The van der Waals surface area contributed by atoms with Crippen LogP contribution in [-0.2, 0) is 6.42 Å². The molecule has 0 N–H and O–H groups in total. The molecule has 0 bridgehead atoms. The maximum Gasteiger partial charge on any atom is 0.131 e. The van der Waals surface area contributed by atoms with Crippen molar-refractivity contribution in [2.24, 2.45) is 0 Å². The number of carboxylic acid groups (broad SMARTS) is 2. The minimum Gasteiger partial charge on any atom is -0.545 e. The number of aromatic carboxylic acids is 2. The highest BCUT2D eigenvalue weighted by Crippen LogP contribution is 2.48. The van der Waals surface area contributed by atoms with Crippen molar-refractivity contribution in [3.05, 3.63) is 57.6 Å². The van der Waals surface area contributed by atoms with Gasteiger partial charge in [0.15, 0.2) is 0 Å². The Kier molecular flexibility index (Phi) is 10.2. The zero-order chi connectivity index (χ0) is 29.6. The van der Waals surface area contributed by atoms with Crippen molar-refractivity contribution in [3.63, 3.8) is 0 Å². The van der Waals surface area contributed by atoms with Crippen molar-refractivity contribution in [1.29, 1.82) is 0 Å². The van der Waals surface area contributed by atoms with E-state index >= 15 is 0 Å². The number of carboxylic acids is 2. The van der Waals surface area contributed by atoms with Crippen LogP contribution in [0.25, 0.3) is 0 Å². The highest BCUT2D eigenvalue weighted by Gasteiger charge is 2.36. The Labute approximate surface area is 250 Å². The molecular formula is C35H46N2O5-2. The molecule has 2 fully saturated rings. The molecule has 0 radical (unpaired) electrons. The van der Waals surface area contributed by atoms with E-state index in [-0.39, 0.29) is 23.2 Å². The Balaban J connectivity index is 1.74. The van der Waals surface area contributed by atoms with Gasteiger partial charge in [0.2, 0.25) is 0 Å². The molecule has 0 spiro atoms. The van der Waals surface area contributed by atoms with Crippen LogP contribution >= 0.6 is 0 Å². The molecule has 0 saturated carbocycles. The molecule has 0 aromatic heterocycles. The van der Waals surface area contributed by atoms with Crippen LogP contribution in [0.4, 0.5) is 0 Å². The average molecular weight is 575 g/mol. The Morgan fingerprint density at radius 3 is 1.86 bits per heavy atom. The van der Waals surface area contributed by atoms with E-state index in [1.54, 1.807) is 12.1 Å². The number of hydrogen-bond acceptors (Lipinski definition) is 7. The molecule has 228 valence electrons. The lowest BCUT2D eigenvalue weighted by Gasteiger charge is -2.43. The van der Waals surface area contributed by atoms with Crippen LogP contribution in [0.15, 0.2) is 24.3 Å². The van der Waals surface area contributed by atoms with Gasteiger partial charge in [-0.15, -0.1) is 0 Å². The Bertz CT molecular complexity index is 1260. The Hall–Kier alpha value is -2.90. The molecule has 2 aromatic carbocycles. The SMILES string of the molecule is CCCCC(c1c(C(=O)[O-])cc2c(c1C(CCCC)N1CCCCC1)Cc1ccc(C(=O)[O-])cc1O2)N1CCCCC1. The molecular weight excluding hydrogens is 528 g/mol. The molecule has 42 heavy (non-hydrogen) atoms. The number of carbonyl (C=O) groups is 2. The Morgan fingerprint density at radius 2 is 1.33 bits per heavy atom. The molecule has 7 heteroatoms. The molecule has 2 atom stereocenters. The third-order valence-corrected chi connectivity index (χ3v) is 9.58. The van der Waals surface area contributed by atoms with E-state index in [9.17, 15) is 19.8 Å². The van der Waals surface area contributed by atoms with Gasteiger partial charge in [0.25, 0.3) is 0 Å². The van der Waals surface area contributed by atoms with Gasteiger partial charge < -0.3 is 24.5 Å². The fourth-order valence-electron chi connectivity index (χ4n) is 7.42. The predicted octanol–water partition coefficient (Wildman–Crippen LogP) is 5.54. The van der Waals surface area contributed by atoms with Gasteiger partial charge in [0.1, 0.15) is 11.5 Å². The minimum atomic E-state index is -1.26. The first-order chi connectivity index (χ1) is 20.4. The number of fused-ring (bicyclic) bond motifs is 2. The number of piperidine rings is 2. The number of rotatable bonds is 12. The highest BCUT2D eigenvalue weighted by molar-refractivity contribution is 5.90. The smallest absolute Gasteiger partial charge is 0.131 e. The van der Waals surface area contributed by atoms with Gasteiger partial charge in [-0.2, -0.15) is 0 Å². The van der Waals surface area contributed by atoms with Crippen LogP contribution in [0, 0.1) is 0 Å². The summed E-state index contributed by atoms with van der Waals surface area (Å²) in [6, 6.07) is 6.67. The van der Waals surface area contributed by atoms with Crippen molar-refractivity contribution >= 4 is 11.9 Å². The average Bonchev–Trinajstić information content (AvgIpc) is 3.01. The van der Waals surface area contributed by atoms with Crippen molar-refractivity contribution < 1.29 is 24.5 Å². The molecule has 0 aliphatic carbocycles. The standard InChI is InChI=1S/C35H48N2O5/c1-3-5-13-28(36-17-9-7-10-18-36)32-26-21-24-15-16-25(34(38)39)22-30(24)42-31(26)23-27(35(40)41)33(32)29(14-6-4-2)37-19-11-8-12-20-37/h15-16,22-23,28-29H,3-14,17-21H2,1-2H3,(H,38,39)(H,40,41)/p-2. The second-order valence-electron chi connectivity index (χ2n) is 12.4. The number of unbranched alkanes of at least 4 members (excludes halogenated alkanes) is 2. The maximum atomic E-state index is 13.0. The van der Waals surface area contributed by atoms with E-state index in [0.29, 0.717) is 17.9 Å². The lowest BCUT2D eigenvalue weighted by Crippen LogP contribution is -2.39. The van der Waals surface area contributed by atoms with Crippen LogP contribution in [0.3, 0.4) is 0 Å². The summed E-state index contributed by atoms with van der Waals surface area (Å²) >= 11 is 0. The van der Waals surface area contributed by atoms with Gasteiger partial charge in [0, 0.05) is 35.2 Å². The van der Waals surface area contributed by atoms with Crippen LogP contribution in [0.2, 0.25) is 0 Å². The highest BCUT2D eigenvalue weighted by atomic mass is 16.5. The Morgan fingerprint density at radius 1 is 0.762 bits per heavy atom. The van der Waals surface area contributed by atoms with Gasteiger partial charge in [-0.25, -0.2) is 0 Å². The third-order valence-electron chi connectivity index (χ3n) is 9.58. The van der Waals surface area contributed by atoms with Crippen LogP contribution < -0.4 is 14.9 Å². The van der Waals surface area contributed by atoms with Crippen molar-refractivity contribution in [2.75, 3.05) is 26.2 Å². The van der Waals surface area contributed by atoms with E-state index in [1.165, 1.54) is 18.9 Å². The molecule has 2 unspecified atom stereocenters. The molecule has 3 aliphatic heterocycles. The molecule has 5 rings (SSSR count). The summed E-state index contributed by atoms with van der Waals surface area (Å²) in [6.07, 6.45) is 13.7. The largest absolute Gasteiger partial charge is 0.545 e. The summed E-state index contributed by atoms with van der Waals surface area (Å²) in [7, 11) is 0. The summed E-state index contributed by atoms with van der Waals surface area (Å²) in [5, 5.41) is 24.6. The van der Waals surface area contributed by atoms with Crippen molar-refractivity contribution in [3.8, 4) is 11.5 Å². The quantitative estimate of drug-likeness (QED) is 0.280. The summed E-state index contributed by atoms with van der Waals surface area (Å²) in [4.78, 5) is 29.8. The second-order valence-corrected chi connectivity index (χ2v) is 12.4. The van der Waals surface area contributed by atoms with Crippen LogP contribution in [0.1, 0.15) is 146 Å². The second kappa shape index (κ2) is 14.0. The number of hydrogen-bond donors (Lipinski definition) is 0. The number of nitrogens with zero attached hydrogens (tertiary/aromatic N) is 2. The molecule has 2 aromatic rings. The molecule has 7 nitrogen and oxygen atoms in total. The van der Waals surface area contributed by atoms with Crippen LogP contribution in [-0.4, -0.2) is 47.9 Å². The van der Waals surface area contributed by atoms with Gasteiger partial charge in [-0.1, -0.05) is 64.5 Å². The monoisotopic (exact) mass is 574 g/mol. The maximum absolute atomic E-state index is 13.0. The summed E-state index contributed by atoms with van der Waals surface area (Å²) < 4.78 is 6.39. The molecule has 3 aliphatic rings. The number of likely N-dealkylation sites (tertiary alicyclic amines) is 2. The molecule has 2 saturated heterocycles. The van der Waals surface area contributed by atoms with Gasteiger partial charge in [-0.3, -0.25) is 9.80 Å². The van der Waals surface area contributed by atoms with Gasteiger partial charge >= 0.3 is 0 Å². The summed E-state index contributed by atoms with van der Waals surface area (Å²) in [5.74, 6) is -1.46. The van der Waals surface area contributed by atoms with E-state index in [4.69, 9.17) is 4.74 Å². The predicted molar refractivity (Wildman–Crippen MR) is 160 cm³/mol. The van der Waals surface area contributed by atoms with Crippen molar-refractivity contribution in [2.45, 2.75) is 109 Å². The van der Waals surface area contributed by atoms with E-state index in [0.717, 1.165) is 113 Å². The molecule has 3 heterocycles. The number of benzene rings is 2. The summed E-state index contributed by atoms with van der Waals surface area (Å²) in [5.41, 5.74) is 4.31. The fourth-order valence-corrected chi connectivity index (χ4v) is 7.42. The van der Waals surface area contributed by atoms with Crippen LogP contribution in [0.5, 0.6) is 11.5 Å². The first kappa shape index (κ1) is 30.6. The first-order valence-electron chi connectivity index (χ1n) is 16.3. The number of carbonyl (C=O) groups excluding carboxylic acids is 2. The normalized spacial score (nSPS) is 18.9. The van der Waals surface area contributed by atoms with Gasteiger partial charge in [-0.05, 0) is 93.5 Å². The topological polar surface area (TPSA) is 96.0 Å². The summed E-state index contributed by atoms with van der Waals surface area (Å²) in [6.45, 7) is 8.39. The fraction of sp³-hybridized carbons (Fsp3) is 0.600. The minimum absolute atomic E-state index is 0.00854.